The Hall–Kier alpha value is -1.31. The van der Waals surface area contributed by atoms with Gasteiger partial charge in [0.15, 0.2) is 5.96 Å². The lowest BCUT2D eigenvalue weighted by Gasteiger charge is -2.16. The van der Waals surface area contributed by atoms with Crippen LogP contribution in [0.3, 0.4) is 0 Å². The molecule has 1 aromatic rings. The van der Waals surface area contributed by atoms with Crippen molar-refractivity contribution in [2.24, 2.45) is 4.99 Å². The van der Waals surface area contributed by atoms with Crippen molar-refractivity contribution >= 4 is 29.2 Å². The summed E-state index contributed by atoms with van der Waals surface area (Å²) in [6, 6.07) is 2.88. The minimum atomic E-state index is -2.97. The zero-order chi connectivity index (χ0) is 18.7. The molecule has 2 N–H and O–H groups in total. The lowest BCUT2D eigenvalue weighted by atomic mass is 10.2. The number of methoxy groups -OCH3 is 1. The number of unbranched alkanes of at least 4 members (excludes halogenated alkanes) is 2. The maximum absolute atomic E-state index is 12.6. The number of benzene rings is 1. The number of aliphatic imine (C=N–C) groups is 1. The monoisotopic (exact) mass is 397 g/mol. The van der Waals surface area contributed by atoms with Crippen molar-refractivity contribution in [2.75, 3.05) is 27.3 Å². The van der Waals surface area contributed by atoms with Crippen LogP contribution in [0, 0.1) is 0 Å². The fraction of sp³-hybridized carbons (Fsp3) is 0.562. The van der Waals surface area contributed by atoms with E-state index in [4.69, 9.17) is 27.9 Å². The molecule has 142 valence electrons. The van der Waals surface area contributed by atoms with Gasteiger partial charge in [0.05, 0.1) is 5.02 Å². The van der Waals surface area contributed by atoms with Gasteiger partial charge < -0.3 is 20.1 Å². The summed E-state index contributed by atoms with van der Waals surface area (Å²) in [5, 5.41) is 6.55. The lowest BCUT2D eigenvalue weighted by molar-refractivity contribution is -0.0504. The van der Waals surface area contributed by atoms with Crippen LogP contribution in [0.2, 0.25) is 10.0 Å². The van der Waals surface area contributed by atoms with Crippen molar-refractivity contribution in [3.8, 4) is 5.75 Å². The van der Waals surface area contributed by atoms with Crippen molar-refractivity contribution in [1.82, 2.24) is 10.6 Å². The molecule has 0 saturated carbocycles. The highest BCUT2D eigenvalue weighted by atomic mass is 35.5. The second kappa shape index (κ2) is 12.1. The van der Waals surface area contributed by atoms with E-state index in [1.807, 2.05) is 0 Å². The molecule has 0 fully saturated rings. The summed E-state index contributed by atoms with van der Waals surface area (Å²) >= 11 is 11.9. The molecule has 0 spiro atoms. The first kappa shape index (κ1) is 21.7. The first-order valence-corrected chi connectivity index (χ1v) is 8.59. The second-order valence-electron chi connectivity index (χ2n) is 5.16. The van der Waals surface area contributed by atoms with E-state index in [2.05, 4.69) is 20.4 Å². The Morgan fingerprint density at radius 1 is 1.20 bits per heavy atom. The number of nitrogens with zero attached hydrogens (tertiary/aromatic N) is 1. The van der Waals surface area contributed by atoms with E-state index < -0.39 is 6.61 Å². The molecule has 0 radical (unpaired) electrons. The molecule has 0 atom stereocenters. The minimum absolute atomic E-state index is 0.0330. The van der Waals surface area contributed by atoms with Gasteiger partial charge in [-0.2, -0.15) is 8.78 Å². The summed E-state index contributed by atoms with van der Waals surface area (Å²) in [7, 11) is 3.31. The Bertz CT molecular complexity index is 560. The van der Waals surface area contributed by atoms with Gasteiger partial charge in [-0.3, -0.25) is 4.99 Å². The highest BCUT2D eigenvalue weighted by Gasteiger charge is 2.15. The maximum Gasteiger partial charge on any atom is 0.387 e. The maximum atomic E-state index is 12.6. The van der Waals surface area contributed by atoms with E-state index in [9.17, 15) is 8.78 Å². The number of hydrogen-bond acceptors (Lipinski definition) is 3. The van der Waals surface area contributed by atoms with Gasteiger partial charge in [0, 0.05) is 44.4 Å². The molecule has 0 aliphatic carbocycles. The molecule has 0 saturated heterocycles. The van der Waals surface area contributed by atoms with Crippen LogP contribution in [-0.4, -0.2) is 39.9 Å². The molecule has 0 aromatic heterocycles. The van der Waals surface area contributed by atoms with Crippen molar-refractivity contribution in [2.45, 2.75) is 32.4 Å². The lowest BCUT2D eigenvalue weighted by Crippen LogP contribution is -2.37. The molecule has 0 bridgehead atoms. The summed E-state index contributed by atoms with van der Waals surface area (Å²) in [4.78, 5) is 4.09. The Morgan fingerprint density at radius 3 is 2.60 bits per heavy atom. The van der Waals surface area contributed by atoms with Gasteiger partial charge in [0.1, 0.15) is 5.75 Å². The van der Waals surface area contributed by atoms with E-state index in [1.165, 1.54) is 12.1 Å². The third-order valence-corrected chi connectivity index (χ3v) is 3.78. The Kier molecular flexibility index (Phi) is 10.5. The van der Waals surface area contributed by atoms with Crippen LogP contribution in [-0.2, 0) is 11.3 Å². The molecule has 5 nitrogen and oxygen atoms in total. The Labute approximate surface area is 156 Å². The highest BCUT2D eigenvalue weighted by molar-refractivity contribution is 6.35. The van der Waals surface area contributed by atoms with E-state index in [0.29, 0.717) is 16.5 Å². The Morgan fingerprint density at radius 2 is 1.96 bits per heavy atom. The van der Waals surface area contributed by atoms with Crippen LogP contribution < -0.4 is 15.4 Å². The fourth-order valence-electron chi connectivity index (χ4n) is 2.12. The third-order valence-electron chi connectivity index (χ3n) is 3.28. The third kappa shape index (κ3) is 8.56. The zero-order valence-electron chi connectivity index (χ0n) is 14.3. The van der Waals surface area contributed by atoms with Crippen molar-refractivity contribution < 1.29 is 18.3 Å². The predicted octanol–water partition coefficient (Wildman–Crippen LogP) is 4.08. The molecule has 1 aromatic carbocycles. The zero-order valence-corrected chi connectivity index (χ0v) is 15.8. The molecule has 0 unspecified atom stereocenters. The number of halogens is 4. The standard InChI is InChI=1S/C16H23Cl2F2N3O2/c1-21-16(22-6-4-3-5-7-24-2)23-10-11-8-12(17)9-13(18)14(11)25-15(19)20/h8-9,15H,3-7,10H2,1-2H3,(H2,21,22,23). The summed E-state index contributed by atoms with van der Waals surface area (Å²) in [5.74, 6) is 0.453. The van der Waals surface area contributed by atoms with Gasteiger partial charge >= 0.3 is 6.61 Å². The number of nitrogens with one attached hydrogen (secondary N) is 2. The van der Waals surface area contributed by atoms with Gasteiger partial charge in [0.25, 0.3) is 0 Å². The summed E-state index contributed by atoms with van der Waals surface area (Å²) in [6.45, 7) is -1.30. The molecule has 0 amide bonds. The van der Waals surface area contributed by atoms with Crippen molar-refractivity contribution in [3.05, 3.63) is 27.7 Å². The van der Waals surface area contributed by atoms with Gasteiger partial charge in [-0.05, 0) is 31.4 Å². The van der Waals surface area contributed by atoms with E-state index >= 15 is 0 Å². The average molecular weight is 398 g/mol. The van der Waals surface area contributed by atoms with Crippen LogP contribution in [0.1, 0.15) is 24.8 Å². The normalized spacial score (nSPS) is 11.7. The molecule has 1 rings (SSSR count). The van der Waals surface area contributed by atoms with Crippen LogP contribution in [0.25, 0.3) is 0 Å². The topological polar surface area (TPSA) is 54.9 Å². The number of rotatable bonds is 10. The van der Waals surface area contributed by atoms with Crippen LogP contribution in [0.5, 0.6) is 5.75 Å². The highest BCUT2D eigenvalue weighted by Crippen LogP contribution is 2.33. The van der Waals surface area contributed by atoms with E-state index in [1.54, 1.807) is 14.2 Å². The molecule has 0 aliphatic rings. The number of hydrogen-bond donors (Lipinski definition) is 2. The second-order valence-corrected chi connectivity index (χ2v) is 6.00. The minimum Gasteiger partial charge on any atom is -0.433 e. The van der Waals surface area contributed by atoms with Crippen LogP contribution >= 0.6 is 23.2 Å². The van der Waals surface area contributed by atoms with Gasteiger partial charge in [-0.1, -0.05) is 23.2 Å². The largest absolute Gasteiger partial charge is 0.433 e. The first-order valence-electron chi connectivity index (χ1n) is 7.84. The number of alkyl halides is 2. The SMILES string of the molecule is CN=C(NCCCCCOC)NCc1cc(Cl)cc(Cl)c1OC(F)F. The summed E-state index contributed by atoms with van der Waals surface area (Å²) in [6.07, 6.45) is 3.00. The van der Waals surface area contributed by atoms with Gasteiger partial charge in [0.2, 0.25) is 0 Å². The quantitative estimate of drug-likeness (QED) is 0.354. The summed E-state index contributed by atoms with van der Waals surface area (Å²) in [5.41, 5.74) is 0.417. The first-order chi connectivity index (χ1) is 12.0. The van der Waals surface area contributed by atoms with E-state index in [0.717, 1.165) is 32.4 Å². The molecule has 25 heavy (non-hydrogen) atoms. The Balaban J connectivity index is 2.57. The average Bonchev–Trinajstić information content (AvgIpc) is 2.56. The smallest absolute Gasteiger partial charge is 0.387 e. The number of ether oxygens (including phenoxy) is 2. The van der Waals surface area contributed by atoms with Crippen molar-refractivity contribution in [3.63, 3.8) is 0 Å². The number of guanidine groups is 1. The molecule has 0 aliphatic heterocycles. The molecular weight excluding hydrogens is 375 g/mol. The van der Waals surface area contributed by atoms with Gasteiger partial charge in [-0.15, -0.1) is 0 Å². The van der Waals surface area contributed by atoms with Crippen LogP contribution in [0.15, 0.2) is 17.1 Å². The fourth-order valence-corrected chi connectivity index (χ4v) is 2.70. The van der Waals surface area contributed by atoms with Crippen molar-refractivity contribution in [1.29, 1.82) is 0 Å². The molecular formula is C16H23Cl2F2N3O2. The van der Waals surface area contributed by atoms with Gasteiger partial charge in [-0.25, -0.2) is 0 Å². The molecule has 0 heterocycles. The summed E-state index contributed by atoms with van der Waals surface area (Å²) < 4.78 is 34.6. The van der Waals surface area contributed by atoms with Crippen LogP contribution in [0.4, 0.5) is 8.78 Å². The predicted molar refractivity (Wildman–Crippen MR) is 97.0 cm³/mol. The molecule has 9 heteroatoms. The van der Waals surface area contributed by atoms with E-state index in [-0.39, 0.29) is 17.3 Å².